The first-order valence-electron chi connectivity index (χ1n) is 2.47. The third-order valence-corrected chi connectivity index (χ3v) is 3.76. The van der Waals surface area contributed by atoms with Crippen LogP contribution < -0.4 is 5.73 Å². The lowest BCUT2D eigenvalue weighted by Crippen LogP contribution is -1.90. The molecule has 0 aliphatic carbocycles. The van der Waals surface area contributed by atoms with Crippen molar-refractivity contribution >= 4 is 30.0 Å². The summed E-state index contributed by atoms with van der Waals surface area (Å²) in [5.74, 6) is 0. The van der Waals surface area contributed by atoms with Crippen molar-refractivity contribution in [1.29, 1.82) is 0 Å². The molecule has 3 N–H and O–H groups in total. The van der Waals surface area contributed by atoms with E-state index in [0.29, 0.717) is 6.54 Å². The largest absolute Gasteiger partial charge is 0.496 e. The fourth-order valence-corrected chi connectivity index (χ4v) is 3.08. The van der Waals surface area contributed by atoms with Crippen LogP contribution in [0.3, 0.4) is 0 Å². The maximum Gasteiger partial charge on any atom is 0.496 e. The van der Waals surface area contributed by atoms with Crippen molar-refractivity contribution in [3.05, 3.63) is 12.7 Å². The van der Waals surface area contributed by atoms with E-state index in [0.717, 1.165) is 22.1 Å². The summed E-state index contributed by atoms with van der Waals surface area (Å²) in [6.07, 6.45) is 1.65. The number of hydrogen-bond acceptors (Lipinski definition) is 6. The Labute approximate surface area is 72.8 Å². The van der Waals surface area contributed by atoms with Gasteiger partial charge < -0.3 is 10.6 Å². The highest BCUT2D eigenvalue weighted by Gasteiger charge is 2.29. The number of nitrogens with two attached hydrogens (primary N) is 1. The van der Waals surface area contributed by atoms with Crippen LogP contribution in [-0.2, 0) is 12.5 Å². The number of rotatable bonds is 1. The molecule has 0 spiro atoms. The molecule has 1 saturated heterocycles. The van der Waals surface area contributed by atoms with E-state index in [9.17, 15) is 4.57 Å². The van der Waals surface area contributed by atoms with Gasteiger partial charge in [0.15, 0.2) is 0 Å². The highest BCUT2D eigenvalue weighted by molar-refractivity contribution is 8.75. The van der Waals surface area contributed by atoms with Crippen LogP contribution in [-0.4, -0.2) is 11.4 Å². The van der Waals surface area contributed by atoms with E-state index in [-0.39, 0.29) is 0 Å². The Morgan fingerprint density at radius 2 is 2.00 bits per heavy atom. The smallest absolute Gasteiger partial charge is 0.327 e. The topological polar surface area (TPSA) is 81.8 Å². The summed E-state index contributed by atoms with van der Waals surface area (Å²) in [5.41, 5.74) is 4.91. The van der Waals surface area contributed by atoms with Gasteiger partial charge in [0, 0.05) is 6.54 Å². The Morgan fingerprint density at radius 3 is 2.09 bits per heavy atom. The Morgan fingerprint density at radius 1 is 1.64 bits per heavy atom. The van der Waals surface area contributed by atoms with Crippen LogP contribution >= 0.6 is 30.0 Å². The third-order valence-electron chi connectivity index (χ3n) is 0.444. The first-order chi connectivity index (χ1) is 5.12. The van der Waals surface area contributed by atoms with E-state index in [1.807, 2.05) is 0 Å². The maximum atomic E-state index is 10.1. The van der Waals surface area contributed by atoms with Crippen molar-refractivity contribution in [3.63, 3.8) is 0 Å². The van der Waals surface area contributed by atoms with Crippen LogP contribution in [0.2, 0.25) is 0 Å². The van der Waals surface area contributed by atoms with Gasteiger partial charge in [0.25, 0.3) is 0 Å². The maximum absolute atomic E-state index is 10.1. The predicted octanol–water partition coefficient (Wildman–Crippen LogP) is 1.48. The summed E-state index contributed by atoms with van der Waals surface area (Å²) in [5, 5.41) is 0. The SMILES string of the molecule is C=CCN.O=P1(O)OSSO1. The van der Waals surface area contributed by atoms with Crippen molar-refractivity contribution in [2.75, 3.05) is 6.54 Å². The molecule has 0 aromatic carbocycles. The lowest BCUT2D eigenvalue weighted by molar-refractivity contribution is 0.333. The molecule has 1 heterocycles. The molecule has 5 nitrogen and oxygen atoms in total. The van der Waals surface area contributed by atoms with Gasteiger partial charge in [-0.3, -0.25) is 0 Å². The second-order valence-electron chi connectivity index (χ2n) is 1.28. The monoisotopic (exact) mass is 217 g/mol. The van der Waals surface area contributed by atoms with Crippen LogP contribution in [0.15, 0.2) is 12.7 Å². The fourth-order valence-electron chi connectivity index (χ4n) is 0.114. The molecule has 0 unspecified atom stereocenters. The van der Waals surface area contributed by atoms with Gasteiger partial charge >= 0.3 is 7.82 Å². The van der Waals surface area contributed by atoms with Crippen LogP contribution in [0.5, 0.6) is 0 Å². The van der Waals surface area contributed by atoms with Crippen molar-refractivity contribution in [1.82, 2.24) is 0 Å². The van der Waals surface area contributed by atoms with E-state index >= 15 is 0 Å². The minimum Gasteiger partial charge on any atom is -0.327 e. The zero-order valence-corrected chi connectivity index (χ0v) is 8.03. The van der Waals surface area contributed by atoms with Crippen molar-refractivity contribution in [3.8, 4) is 0 Å². The molecule has 0 atom stereocenters. The molecule has 0 bridgehead atoms. The summed E-state index contributed by atoms with van der Waals surface area (Å²) in [7, 11) is -3.62. The molecule has 1 aliphatic rings. The quantitative estimate of drug-likeness (QED) is 0.298. The Kier molecular flexibility index (Phi) is 6.36. The van der Waals surface area contributed by atoms with Gasteiger partial charge in [-0.05, 0) is 0 Å². The van der Waals surface area contributed by atoms with Gasteiger partial charge in [-0.2, -0.15) is 0 Å². The number of phosphoric acid groups is 1. The van der Waals surface area contributed by atoms with Crippen molar-refractivity contribution in [2.45, 2.75) is 0 Å². The Balaban J connectivity index is 0.000000218. The van der Waals surface area contributed by atoms with Gasteiger partial charge in [0.1, 0.15) is 22.1 Å². The zero-order chi connectivity index (χ0) is 8.74. The van der Waals surface area contributed by atoms with Gasteiger partial charge in [0.2, 0.25) is 0 Å². The first kappa shape index (κ1) is 11.5. The normalized spacial score (nSPS) is 20.2. The summed E-state index contributed by atoms with van der Waals surface area (Å²) >= 11 is 1.52. The summed E-state index contributed by atoms with van der Waals surface area (Å²) in [4.78, 5) is 8.26. The molecule has 1 aliphatic heterocycles. The van der Waals surface area contributed by atoms with E-state index in [1.54, 1.807) is 6.08 Å². The summed E-state index contributed by atoms with van der Waals surface area (Å²) in [6.45, 7) is 3.94. The molecule has 0 radical (unpaired) electrons. The summed E-state index contributed by atoms with van der Waals surface area (Å²) < 4.78 is 18.3. The van der Waals surface area contributed by atoms with Gasteiger partial charge in [-0.15, -0.1) is 6.58 Å². The minimum atomic E-state index is -3.62. The van der Waals surface area contributed by atoms with Crippen molar-refractivity contribution in [2.24, 2.45) is 5.73 Å². The molecule has 0 saturated carbocycles. The second kappa shape index (κ2) is 6.07. The van der Waals surface area contributed by atoms with Gasteiger partial charge in [0.05, 0.1) is 0 Å². The molecule has 1 fully saturated rings. The first-order valence-corrected chi connectivity index (χ1v) is 5.97. The summed E-state index contributed by atoms with van der Waals surface area (Å²) in [6, 6.07) is 0. The average molecular weight is 217 g/mol. The van der Waals surface area contributed by atoms with Crippen LogP contribution in [0.1, 0.15) is 0 Å². The fraction of sp³-hybridized carbons (Fsp3) is 0.333. The zero-order valence-electron chi connectivity index (χ0n) is 5.50. The molecule has 66 valence electrons. The lowest BCUT2D eigenvalue weighted by atomic mass is 10.7. The molecule has 0 amide bonds. The van der Waals surface area contributed by atoms with Crippen molar-refractivity contribution < 1.29 is 17.4 Å². The Hall–Kier alpha value is 0.510. The van der Waals surface area contributed by atoms with E-state index in [4.69, 9.17) is 10.6 Å². The molecule has 1 rings (SSSR count). The van der Waals surface area contributed by atoms with E-state index < -0.39 is 7.82 Å². The van der Waals surface area contributed by atoms with Crippen LogP contribution in [0.25, 0.3) is 0 Å². The predicted molar refractivity (Wildman–Crippen MR) is 46.4 cm³/mol. The van der Waals surface area contributed by atoms with Gasteiger partial charge in [-0.1, -0.05) is 6.08 Å². The standard InChI is InChI=1S/C3H7N.HO4PS2/c1-2-3-4;1-5(2)3-6-7-4-5/h2H,1,3-4H2;(H,1,2). The second-order valence-corrected chi connectivity index (χ2v) is 4.50. The molecular weight excluding hydrogens is 209 g/mol. The minimum absolute atomic E-state index is 0.583. The van der Waals surface area contributed by atoms with E-state index in [2.05, 4.69) is 14.5 Å². The molecule has 0 aromatic rings. The highest BCUT2D eigenvalue weighted by Crippen LogP contribution is 2.61. The molecular formula is C3H8NO4PS2. The van der Waals surface area contributed by atoms with Crippen LogP contribution in [0, 0.1) is 0 Å². The third kappa shape index (κ3) is 6.89. The number of hydrogen-bond donors (Lipinski definition) is 2. The van der Waals surface area contributed by atoms with Gasteiger partial charge in [-0.25, -0.2) is 12.5 Å². The molecule has 11 heavy (non-hydrogen) atoms. The Bertz CT molecular complexity index is 155. The molecule has 0 aromatic heterocycles. The average Bonchev–Trinajstić information content (AvgIpc) is 2.35. The lowest BCUT2D eigenvalue weighted by Gasteiger charge is -1.90. The molecule has 8 heteroatoms. The van der Waals surface area contributed by atoms with E-state index in [1.165, 1.54) is 0 Å². The highest BCUT2D eigenvalue weighted by atomic mass is 33.1. The van der Waals surface area contributed by atoms with Crippen LogP contribution in [0.4, 0.5) is 0 Å².